The molecule has 40 heavy (non-hydrogen) atoms. The first-order valence-corrected chi connectivity index (χ1v) is 13.9. The molecule has 0 spiro atoms. The molecule has 0 aliphatic carbocycles. The molecule has 214 valence electrons. The minimum Gasteiger partial charge on any atom is -0.399 e. The molecule has 0 saturated heterocycles. The number of nitrogens with two attached hydrogens (primary N) is 1. The van der Waals surface area contributed by atoms with Crippen molar-refractivity contribution in [3.05, 3.63) is 92.4 Å². The normalized spacial score (nSPS) is 12.3. The molecule has 2 aromatic carbocycles. The van der Waals surface area contributed by atoms with Gasteiger partial charge in [-0.15, -0.1) is 0 Å². The van der Waals surface area contributed by atoms with Gasteiger partial charge in [0.2, 0.25) is 0 Å². The second-order valence-corrected chi connectivity index (χ2v) is 10.0. The lowest BCUT2D eigenvalue weighted by Crippen LogP contribution is -2.41. The van der Waals surface area contributed by atoms with E-state index in [1.165, 1.54) is 4.57 Å². The summed E-state index contributed by atoms with van der Waals surface area (Å²) in [5.74, 6) is 0.714. The van der Waals surface area contributed by atoms with E-state index in [9.17, 15) is 14.7 Å². The van der Waals surface area contributed by atoms with Crippen LogP contribution in [-0.2, 0) is 37.2 Å². The van der Waals surface area contributed by atoms with Gasteiger partial charge in [-0.1, -0.05) is 49.4 Å². The van der Waals surface area contributed by atoms with Crippen molar-refractivity contribution in [2.24, 2.45) is 0 Å². The van der Waals surface area contributed by atoms with E-state index in [-0.39, 0.29) is 17.8 Å². The molecular weight excluding hydrogens is 508 g/mol. The molecule has 0 aliphatic rings. The Morgan fingerprint density at radius 1 is 0.975 bits per heavy atom. The summed E-state index contributed by atoms with van der Waals surface area (Å²) in [4.78, 5) is 32.5. The van der Waals surface area contributed by atoms with E-state index in [4.69, 9.17) is 15.5 Å². The van der Waals surface area contributed by atoms with E-state index in [0.717, 1.165) is 11.1 Å². The number of nitrogens with zero attached hydrogens (tertiary/aromatic N) is 4. The van der Waals surface area contributed by atoms with E-state index in [1.54, 1.807) is 11.7 Å². The van der Waals surface area contributed by atoms with Gasteiger partial charge in [0, 0.05) is 58.5 Å². The smallest absolute Gasteiger partial charge is 0.332 e. The Bertz CT molecular complexity index is 1490. The van der Waals surface area contributed by atoms with E-state index in [0.29, 0.717) is 81.1 Å². The first-order chi connectivity index (χ1) is 19.4. The van der Waals surface area contributed by atoms with Gasteiger partial charge in [-0.05, 0) is 42.5 Å². The third-order valence-electron chi connectivity index (χ3n) is 7.10. The van der Waals surface area contributed by atoms with E-state index in [2.05, 4.69) is 5.32 Å². The third kappa shape index (κ3) is 7.07. The molecular formula is C30H40N6O4. The minimum absolute atomic E-state index is 0.253. The predicted molar refractivity (Wildman–Crippen MR) is 158 cm³/mol. The van der Waals surface area contributed by atoms with Crippen molar-refractivity contribution in [3.63, 3.8) is 0 Å². The van der Waals surface area contributed by atoms with Gasteiger partial charge in [0.05, 0.1) is 6.10 Å². The van der Waals surface area contributed by atoms with Crippen LogP contribution in [0.3, 0.4) is 0 Å². The van der Waals surface area contributed by atoms with Gasteiger partial charge in [-0.25, -0.2) is 9.78 Å². The highest BCUT2D eigenvalue weighted by Crippen LogP contribution is 2.17. The van der Waals surface area contributed by atoms with E-state index >= 15 is 0 Å². The fourth-order valence-electron chi connectivity index (χ4n) is 4.78. The molecule has 2 heterocycles. The lowest BCUT2D eigenvalue weighted by atomic mass is 10.1. The summed E-state index contributed by atoms with van der Waals surface area (Å²) in [5, 5.41) is 13.2. The summed E-state index contributed by atoms with van der Waals surface area (Å²) in [5.41, 5.74) is 8.72. The Kier molecular flexibility index (Phi) is 10.3. The molecule has 0 saturated carbocycles. The number of fused-ring (bicyclic) bond motifs is 1. The maximum Gasteiger partial charge on any atom is 0.332 e. The van der Waals surface area contributed by atoms with Gasteiger partial charge >= 0.3 is 5.69 Å². The van der Waals surface area contributed by atoms with Crippen LogP contribution in [0.25, 0.3) is 11.2 Å². The summed E-state index contributed by atoms with van der Waals surface area (Å²) in [7, 11) is 1.60. The zero-order valence-corrected chi connectivity index (χ0v) is 23.4. The van der Waals surface area contributed by atoms with Crippen molar-refractivity contribution in [2.75, 3.05) is 32.5 Å². The van der Waals surface area contributed by atoms with E-state index in [1.807, 2.05) is 66.1 Å². The minimum atomic E-state index is -0.431. The van der Waals surface area contributed by atoms with Crippen LogP contribution in [-0.4, -0.2) is 56.7 Å². The summed E-state index contributed by atoms with van der Waals surface area (Å²) in [6.07, 6.45) is 1.87. The van der Waals surface area contributed by atoms with Gasteiger partial charge in [0.1, 0.15) is 5.82 Å². The number of ether oxygens (including phenoxy) is 1. The third-order valence-corrected chi connectivity index (χ3v) is 7.10. The molecule has 4 N–H and O–H groups in total. The molecule has 0 radical (unpaired) electrons. The molecule has 0 fully saturated rings. The van der Waals surface area contributed by atoms with Crippen molar-refractivity contribution in [1.29, 1.82) is 0 Å². The van der Waals surface area contributed by atoms with Gasteiger partial charge in [-0.3, -0.25) is 13.9 Å². The molecule has 2 aromatic heterocycles. The van der Waals surface area contributed by atoms with Crippen molar-refractivity contribution in [1.82, 2.24) is 24.0 Å². The highest BCUT2D eigenvalue weighted by atomic mass is 16.5. The second-order valence-electron chi connectivity index (χ2n) is 10.0. The highest BCUT2D eigenvalue weighted by Gasteiger charge is 2.22. The van der Waals surface area contributed by atoms with Crippen LogP contribution in [0.4, 0.5) is 5.69 Å². The summed E-state index contributed by atoms with van der Waals surface area (Å²) >= 11 is 0. The first kappa shape index (κ1) is 29.3. The molecule has 4 rings (SSSR count). The SMILES string of the molecule is CCC(O)CNCCn1c(Cc2ccccc2)nc2c1c(=O)n(CCCOC)c(=O)n2CCc1ccc(N)cc1. The molecule has 1 unspecified atom stereocenters. The molecule has 0 amide bonds. The monoisotopic (exact) mass is 548 g/mol. The number of aromatic nitrogens is 4. The number of nitrogens with one attached hydrogen (secondary N) is 1. The van der Waals surface area contributed by atoms with Crippen LogP contribution >= 0.6 is 0 Å². The molecule has 10 nitrogen and oxygen atoms in total. The van der Waals surface area contributed by atoms with Gasteiger partial charge in [-0.2, -0.15) is 0 Å². The Morgan fingerprint density at radius 3 is 2.42 bits per heavy atom. The average molecular weight is 549 g/mol. The number of hydrogen-bond acceptors (Lipinski definition) is 7. The van der Waals surface area contributed by atoms with Gasteiger partial charge in [0.25, 0.3) is 5.56 Å². The topological polar surface area (TPSA) is 129 Å². The maximum absolute atomic E-state index is 13.9. The fourth-order valence-corrected chi connectivity index (χ4v) is 4.78. The van der Waals surface area contributed by atoms with Crippen molar-refractivity contribution < 1.29 is 9.84 Å². The number of aliphatic hydroxyl groups is 1. The standard InChI is InChI=1S/C30H40N6O4/c1-3-25(37)21-32-15-18-34-26(20-23-8-5-4-6-9-23)33-28-27(34)29(38)36(16-7-19-40-2)30(39)35(28)17-14-22-10-12-24(31)13-11-22/h4-6,8-13,25,32,37H,3,7,14-21,31H2,1-2H3. The van der Waals surface area contributed by atoms with E-state index < -0.39 is 6.10 Å². The number of aryl methyl sites for hydroxylation is 2. The molecule has 10 heteroatoms. The number of anilines is 1. The summed E-state index contributed by atoms with van der Waals surface area (Å²) < 4.78 is 10.0. The fraction of sp³-hybridized carbons (Fsp3) is 0.433. The molecule has 1 atom stereocenters. The summed E-state index contributed by atoms with van der Waals surface area (Å²) in [6, 6.07) is 17.5. The number of nitrogen functional groups attached to an aromatic ring is 1. The molecule has 0 aliphatic heterocycles. The molecule has 0 bridgehead atoms. The van der Waals surface area contributed by atoms with Crippen LogP contribution in [0, 0.1) is 0 Å². The maximum atomic E-state index is 13.9. The van der Waals surface area contributed by atoms with Crippen LogP contribution < -0.4 is 22.3 Å². The number of hydrogen-bond donors (Lipinski definition) is 3. The Hall–Kier alpha value is -3.73. The van der Waals surface area contributed by atoms with Crippen LogP contribution in [0.5, 0.6) is 0 Å². The Labute approximate surface area is 234 Å². The molecule has 4 aromatic rings. The number of benzene rings is 2. The summed E-state index contributed by atoms with van der Waals surface area (Å²) in [6.45, 7) is 4.47. The largest absolute Gasteiger partial charge is 0.399 e. The predicted octanol–water partition coefficient (Wildman–Crippen LogP) is 2.17. The van der Waals surface area contributed by atoms with Crippen molar-refractivity contribution in [2.45, 2.75) is 58.3 Å². The lowest BCUT2D eigenvalue weighted by Gasteiger charge is -2.14. The van der Waals surface area contributed by atoms with Crippen LogP contribution in [0.15, 0.2) is 64.2 Å². The zero-order valence-electron chi connectivity index (χ0n) is 23.4. The number of rotatable bonds is 15. The number of imidazole rings is 1. The quantitative estimate of drug-likeness (QED) is 0.153. The Morgan fingerprint density at radius 2 is 1.73 bits per heavy atom. The van der Waals surface area contributed by atoms with Gasteiger partial charge < -0.3 is 25.5 Å². The Balaban J connectivity index is 1.80. The average Bonchev–Trinajstić information content (AvgIpc) is 3.31. The van der Waals surface area contributed by atoms with Crippen LogP contribution in [0.2, 0.25) is 0 Å². The van der Waals surface area contributed by atoms with Crippen molar-refractivity contribution >= 4 is 16.9 Å². The number of aliphatic hydroxyl groups excluding tert-OH is 1. The lowest BCUT2D eigenvalue weighted by molar-refractivity contribution is 0.167. The first-order valence-electron chi connectivity index (χ1n) is 13.9. The van der Waals surface area contributed by atoms with Crippen molar-refractivity contribution in [3.8, 4) is 0 Å². The second kappa shape index (κ2) is 14.1. The van der Waals surface area contributed by atoms with Crippen LogP contribution in [0.1, 0.15) is 36.7 Å². The number of methoxy groups -OCH3 is 1. The highest BCUT2D eigenvalue weighted by molar-refractivity contribution is 5.71. The zero-order chi connectivity index (χ0) is 28.5. The van der Waals surface area contributed by atoms with Gasteiger partial charge in [0.15, 0.2) is 11.2 Å².